The van der Waals surface area contributed by atoms with Gasteiger partial charge in [0.1, 0.15) is 5.75 Å². The summed E-state index contributed by atoms with van der Waals surface area (Å²) in [7, 11) is -5.91. The number of alkyl halides is 6. The van der Waals surface area contributed by atoms with Gasteiger partial charge in [0.15, 0.2) is 5.75 Å². The van der Waals surface area contributed by atoms with Crippen LogP contribution in [0.2, 0.25) is 0 Å². The Morgan fingerprint density at radius 3 is 2.00 bits per heavy atom. The summed E-state index contributed by atoms with van der Waals surface area (Å²) in [6.45, 7) is 0. The van der Waals surface area contributed by atoms with Crippen LogP contribution in [-0.4, -0.2) is 20.3 Å². The number of benzene rings is 1. The van der Waals surface area contributed by atoms with Crippen LogP contribution in [0.1, 0.15) is 0 Å². The number of hydrogen-bond donors (Lipinski definition) is 0. The van der Waals surface area contributed by atoms with Crippen molar-refractivity contribution in [2.45, 2.75) is 11.9 Å². The van der Waals surface area contributed by atoms with Gasteiger partial charge in [-0.05, 0) is 34.1 Å². The van der Waals surface area contributed by atoms with Crippen molar-refractivity contribution in [2.24, 2.45) is 0 Å². The van der Waals surface area contributed by atoms with Gasteiger partial charge in [0.2, 0.25) is 0 Å². The molecule has 0 aliphatic carbocycles. The van der Waals surface area contributed by atoms with Crippen molar-refractivity contribution in [3.05, 3.63) is 22.7 Å². The van der Waals surface area contributed by atoms with Crippen molar-refractivity contribution in [3.8, 4) is 11.5 Å². The Hall–Kier alpha value is -1.17. The molecule has 0 saturated carbocycles. The summed E-state index contributed by atoms with van der Waals surface area (Å²) in [6.07, 6.45) is -5.00. The Morgan fingerprint density at radius 2 is 1.60 bits per heavy atom. The second-order valence-corrected chi connectivity index (χ2v) is 5.52. The highest BCUT2D eigenvalue weighted by molar-refractivity contribution is 9.10. The maximum atomic E-state index is 12.1. The maximum absolute atomic E-state index is 12.1. The summed E-state index contributed by atoms with van der Waals surface area (Å²) >= 11 is 2.57. The van der Waals surface area contributed by atoms with Crippen molar-refractivity contribution >= 4 is 26.0 Å². The van der Waals surface area contributed by atoms with Crippen molar-refractivity contribution < 1.29 is 43.7 Å². The van der Waals surface area contributed by atoms with Gasteiger partial charge < -0.3 is 8.92 Å². The second-order valence-electron chi connectivity index (χ2n) is 3.12. The third-order valence-electron chi connectivity index (χ3n) is 1.62. The molecule has 0 fully saturated rings. The van der Waals surface area contributed by atoms with Crippen LogP contribution in [0.3, 0.4) is 0 Å². The van der Waals surface area contributed by atoms with E-state index in [1.165, 1.54) is 0 Å². The third-order valence-corrected chi connectivity index (χ3v) is 3.21. The van der Waals surface area contributed by atoms with Crippen molar-refractivity contribution in [1.82, 2.24) is 0 Å². The average molecular weight is 389 g/mol. The highest BCUT2D eigenvalue weighted by Gasteiger charge is 2.48. The van der Waals surface area contributed by atoms with E-state index in [4.69, 9.17) is 0 Å². The molecule has 12 heteroatoms. The summed E-state index contributed by atoms with van der Waals surface area (Å²) < 4.78 is 100.0. The molecule has 0 atom stereocenters. The molecule has 0 radical (unpaired) electrons. The first-order valence-corrected chi connectivity index (χ1v) is 6.58. The number of ether oxygens (including phenoxy) is 1. The summed E-state index contributed by atoms with van der Waals surface area (Å²) in [5.41, 5.74) is -5.66. The molecular weight excluding hydrogens is 386 g/mol. The molecule has 0 spiro atoms. The minimum Gasteiger partial charge on any atom is -0.406 e. The fourth-order valence-corrected chi connectivity index (χ4v) is 1.93. The molecule has 0 heterocycles. The number of rotatable bonds is 3. The normalized spacial score (nSPS) is 13.2. The van der Waals surface area contributed by atoms with Crippen molar-refractivity contribution in [1.29, 1.82) is 0 Å². The van der Waals surface area contributed by atoms with E-state index >= 15 is 0 Å². The first-order chi connectivity index (χ1) is 8.82. The van der Waals surface area contributed by atoms with Gasteiger partial charge in [0, 0.05) is 0 Å². The van der Waals surface area contributed by atoms with Gasteiger partial charge in [-0.2, -0.15) is 21.6 Å². The van der Waals surface area contributed by atoms with Crippen LogP contribution in [0.25, 0.3) is 0 Å². The second kappa shape index (κ2) is 5.31. The van der Waals surface area contributed by atoms with E-state index in [0.29, 0.717) is 18.2 Å². The minimum atomic E-state index is -5.91. The zero-order chi connectivity index (χ0) is 15.8. The largest absolute Gasteiger partial charge is 0.573 e. The van der Waals surface area contributed by atoms with Crippen LogP contribution in [0, 0.1) is 0 Å². The standard InChI is InChI=1S/C8H3BrF6O4S/c9-5-3-4(18-7(10,11)12)1-2-6(5)19-20(16,17)8(13,14)15/h1-3H. The monoisotopic (exact) mass is 388 g/mol. The number of halogens is 7. The van der Waals surface area contributed by atoms with Crippen LogP contribution in [-0.2, 0) is 10.1 Å². The quantitative estimate of drug-likeness (QED) is 0.451. The lowest BCUT2D eigenvalue weighted by molar-refractivity contribution is -0.274. The lowest BCUT2D eigenvalue weighted by atomic mass is 10.3. The van der Waals surface area contributed by atoms with Gasteiger partial charge in [0.25, 0.3) is 0 Å². The summed E-state index contributed by atoms with van der Waals surface area (Å²) in [6, 6.07) is 1.78. The van der Waals surface area contributed by atoms with E-state index in [0.717, 1.165) is 0 Å². The molecule has 20 heavy (non-hydrogen) atoms. The van der Waals surface area contributed by atoms with Crippen LogP contribution in [0.5, 0.6) is 11.5 Å². The molecule has 1 aromatic rings. The van der Waals surface area contributed by atoms with Gasteiger partial charge >= 0.3 is 22.0 Å². The first kappa shape index (κ1) is 16.9. The van der Waals surface area contributed by atoms with Crippen LogP contribution in [0.15, 0.2) is 22.7 Å². The lowest BCUT2D eigenvalue weighted by Crippen LogP contribution is -2.28. The maximum Gasteiger partial charge on any atom is 0.573 e. The molecule has 114 valence electrons. The van der Waals surface area contributed by atoms with Crippen LogP contribution in [0.4, 0.5) is 26.3 Å². The Kier molecular flexibility index (Phi) is 4.49. The Balaban J connectivity index is 3.01. The molecule has 4 nitrogen and oxygen atoms in total. The summed E-state index contributed by atoms with van der Waals surface area (Å²) in [4.78, 5) is 0. The molecule has 0 saturated heterocycles. The van der Waals surface area contributed by atoms with E-state index in [9.17, 15) is 34.8 Å². The van der Waals surface area contributed by atoms with Crippen molar-refractivity contribution in [2.75, 3.05) is 0 Å². The third kappa shape index (κ3) is 4.44. The van der Waals surface area contributed by atoms with E-state index < -0.39 is 38.0 Å². The Bertz CT molecular complexity index is 594. The molecule has 0 aliphatic rings. The van der Waals surface area contributed by atoms with E-state index in [1.807, 2.05) is 0 Å². The molecule has 0 unspecified atom stereocenters. The fraction of sp³-hybridized carbons (Fsp3) is 0.250. The Morgan fingerprint density at radius 1 is 1.05 bits per heavy atom. The highest BCUT2D eigenvalue weighted by atomic mass is 79.9. The molecule has 1 aromatic carbocycles. The smallest absolute Gasteiger partial charge is 0.406 e. The summed E-state index contributed by atoms with van der Waals surface area (Å²) in [5.74, 6) is -1.60. The molecule has 0 N–H and O–H groups in total. The van der Waals surface area contributed by atoms with Gasteiger partial charge in [-0.25, -0.2) is 0 Å². The highest BCUT2D eigenvalue weighted by Crippen LogP contribution is 2.35. The topological polar surface area (TPSA) is 52.6 Å². The van der Waals surface area contributed by atoms with Gasteiger partial charge in [-0.15, -0.1) is 13.2 Å². The van der Waals surface area contributed by atoms with Crippen LogP contribution >= 0.6 is 15.9 Å². The van der Waals surface area contributed by atoms with Crippen LogP contribution < -0.4 is 8.92 Å². The SMILES string of the molecule is O=S(=O)(Oc1ccc(OC(F)(F)F)cc1Br)C(F)(F)F. The zero-order valence-electron chi connectivity index (χ0n) is 8.92. The molecule has 0 amide bonds. The van der Waals surface area contributed by atoms with Gasteiger partial charge in [0.05, 0.1) is 4.47 Å². The molecule has 0 bridgehead atoms. The van der Waals surface area contributed by atoms with E-state index in [2.05, 4.69) is 24.8 Å². The van der Waals surface area contributed by atoms with Gasteiger partial charge in [-0.1, -0.05) is 0 Å². The zero-order valence-corrected chi connectivity index (χ0v) is 11.3. The van der Waals surface area contributed by atoms with Crippen molar-refractivity contribution in [3.63, 3.8) is 0 Å². The minimum absolute atomic E-state index is 0.466. The molecule has 0 aliphatic heterocycles. The van der Waals surface area contributed by atoms with E-state index in [1.54, 1.807) is 0 Å². The predicted octanol–water partition coefficient (Wildman–Crippen LogP) is 3.58. The van der Waals surface area contributed by atoms with Gasteiger partial charge in [-0.3, -0.25) is 0 Å². The lowest BCUT2D eigenvalue weighted by Gasteiger charge is -2.12. The molecule has 0 aromatic heterocycles. The first-order valence-electron chi connectivity index (χ1n) is 4.38. The fourth-order valence-electron chi connectivity index (χ4n) is 0.912. The molecular formula is C8H3BrF6O4S. The molecule has 1 rings (SSSR count). The predicted molar refractivity (Wildman–Crippen MR) is 56.4 cm³/mol. The summed E-state index contributed by atoms with van der Waals surface area (Å²) in [5, 5.41) is 0. The van der Waals surface area contributed by atoms with E-state index in [-0.39, 0.29) is 0 Å². The number of hydrogen-bond acceptors (Lipinski definition) is 4. The average Bonchev–Trinajstić information content (AvgIpc) is 2.18. The Labute approximate surface area is 116 Å².